The van der Waals surface area contributed by atoms with Gasteiger partial charge in [0.1, 0.15) is 5.75 Å². The zero-order chi connectivity index (χ0) is 18.5. The van der Waals surface area contributed by atoms with E-state index in [1.807, 2.05) is 61.7 Å². The van der Waals surface area contributed by atoms with Crippen molar-refractivity contribution in [2.45, 2.75) is 11.3 Å². The van der Waals surface area contributed by atoms with Crippen LogP contribution < -0.4 is 9.64 Å². The topological polar surface area (TPSA) is 32.8 Å². The number of benzene rings is 2. The number of rotatable bonds is 6. The Kier molecular flexibility index (Phi) is 6.01. The van der Waals surface area contributed by atoms with Crippen LogP contribution in [0.15, 0.2) is 58.3 Å². The molecule has 0 atom stereocenters. The lowest BCUT2D eigenvalue weighted by molar-refractivity contribution is -0.114. The molecule has 3 rings (SSSR count). The van der Waals surface area contributed by atoms with Gasteiger partial charge in [0, 0.05) is 18.5 Å². The molecular formula is C21H24N2O2S. The molecule has 2 aromatic carbocycles. The number of amides is 1. The average molecular weight is 369 g/mol. The Morgan fingerprint density at radius 2 is 1.85 bits per heavy atom. The SMILES string of the molecule is CN(C)CCCOc1ccc(/C=C2\Sc3ccccc3N(C)C2=O)cc1. The molecule has 136 valence electrons. The number of carbonyl (C=O) groups excluding carboxylic acids is 1. The summed E-state index contributed by atoms with van der Waals surface area (Å²) < 4.78 is 5.76. The average Bonchev–Trinajstić information content (AvgIpc) is 2.64. The Hall–Kier alpha value is -2.24. The first kappa shape index (κ1) is 18.5. The van der Waals surface area contributed by atoms with Crippen LogP contribution in [0, 0.1) is 0 Å². The van der Waals surface area contributed by atoms with Gasteiger partial charge in [-0.25, -0.2) is 0 Å². The van der Waals surface area contributed by atoms with Crippen LogP contribution in [0.3, 0.4) is 0 Å². The number of ether oxygens (including phenoxy) is 1. The van der Waals surface area contributed by atoms with Crippen LogP contribution in [0.2, 0.25) is 0 Å². The second kappa shape index (κ2) is 8.43. The maximum absolute atomic E-state index is 12.6. The van der Waals surface area contributed by atoms with Crippen molar-refractivity contribution in [3.63, 3.8) is 0 Å². The molecule has 0 aliphatic carbocycles. The standard InChI is InChI=1S/C21H24N2O2S/c1-22(2)13-6-14-25-17-11-9-16(10-12-17)15-20-21(24)23(3)18-7-4-5-8-19(18)26-20/h4-5,7-12,15H,6,13-14H2,1-3H3/b20-15-. The Morgan fingerprint density at radius 1 is 1.12 bits per heavy atom. The minimum absolute atomic E-state index is 0.0257. The normalized spacial score (nSPS) is 15.5. The largest absolute Gasteiger partial charge is 0.494 e. The van der Waals surface area contributed by atoms with Crippen molar-refractivity contribution in [2.75, 3.05) is 39.2 Å². The molecule has 0 saturated carbocycles. The first-order valence-electron chi connectivity index (χ1n) is 8.69. The van der Waals surface area contributed by atoms with Gasteiger partial charge in [0.25, 0.3) is 5.91 Å². The van der Waals surface area contributed by atoms with E-state index in [9.17, 15) is 4.79 Å². The quantitative estimate of drug-likeness (QED) is 0.567. The summed E-state index contributed by atoms with van der Waals surface area (Å²) in [5.74, 6) is 0.883. The monoisotopic (exact) mass is 368 g/mol. The fraction of sp³-hybridized carbons (Fsp3) is 0.286. The molecule has 1 amide bonds. The summed E-state index contributed by atoms with van der Waals surface area (Å²) >= 11 is 1.52. The van der Waals surface area contributed by atoms with Gasteiger partial charge in [0.05, 0.1) is 17.2 Å². The van der Waals surface area contributed by atoms with E-state index in [-0.39, 0.29) is 5.91 Å². The van der Waals surface area contributed by atoms with E-state index in [1.165, 1.54) is 11.8 Å². The van der Waals surface area contributed by atoms with Crippen LogP contribution >= 0.6 is 11.8 Å². The third kappa shape index (κ3) is 4.48. The number of hydrogen-bond acceptors (Lipinski definition) is 4. The Balaban J connectivity index is 1.67. The molecule has 26 heavy (non-hydrogen) atoms. The van der Waals surface area contributed by atoms with E-state index in [2.05, 4.69) is 19.0 Å². The Morgan fingerprint density at radius 3 is 2.58 bits per heavy atom. The number of hydrogen-bond donors (Lipinski definition) is 0. The maximum Gasteiger partial charge on any atom is 0.264 e. The molecule has 2 aromatic rings. The first-order valence-corrected chi connectivity index (χ1v) is 9.50. The van der Waals surface area contributed by atoms with Crippen LogP contribution in [0.1, 0.15) is 12.0 Å². The molecule has 1 heterocycles. The molecule has 0 radical (unpaired) electrons. The van der Waals surface area contributed by atoms with Crippen LogP contribution in [-0.2, 0) is 4.79 Å². The van der Waals surface area contributed by atoms with Gasteiger partial charge in [-0.15, -0.1) is 0 Å². The first-order chi connectivity index (χ1) is 12.5. The van der Waals surface area contributed by atoms with E-state index >= 15 is 0 Å². The van der Waals surface area contributed by atoms with Crippen molar-refractivity contribution in [1.82, 2.24) is 4.90 Å². The fourth-order valence-corrected chi connectivity index (χ4v) is 3.84. The molecule has 5 heteroatoms. The molecule has 0 bridgehead atoms. The number of carbonyl (C=O) groups is 1. The van der Waals surface area contributed by atoms with E-state index < -0.39 is 0 Å². The second-order valence-electron chi connectivity index (χ2n) is 6.52. The molecule has 4 nitrogen and oxygen atoms in total. The third-order valence-corrected chi connectivity index (χ3v) is 5.24. The highest BCUT2D eigenvalue weighted by molar-refractivity contribution is 8.04. The molecule has 0 saturated heterocycles. The summed E-state index contributed by atoms with van der Waals surface area (Å²) in [7, 11) is 5.94. The highest BCUT2D eigenvalue weighted by atomic mass is 32.2. The van der Waals surface area contributed by atoms with Crippen molar-refractivity contribution in [2.24, 2.45) is 0 Å². The van der Waals surface area contributed by atoms with Crippen molar-refractivity contribution in [1.29, 1.82) is 0 Å². The zero-order valence-corrected chi connectivity index (χ0v) is 16.3. The lowest BCUT2D eigenvalue weighted by Gasteiger charge is -2.26. The predicted octanol–water partition coefficient (Wildman–Crippen LogP) is 4.13. The van der Waals surface area contributed by atoms with Crippen molar-refractivity contribution in [3.05, 3.63) is 59.0 Å². The van der Waals surface area contributed by atoms with E-state index in [0.29, 0.717) is 6.61 Å². The van der Waals surface area contributed by atoms with Crippen LogP contribution in [0.5, 0.6) is 5.75 Å². The van der Waals surface area contributed by atoms with Crippen molar-refractivity contribution >= 4 is 29.4 Å². The van der Waals surface area contributed by atoms with Gasteiger partial charge in [-0.05, 0) is 56.4 Å². The summed E-state index contributed by atoms with van der Waals surface area (Å²) in [6, 6.07) is 15.9. The maximum atomic E-state index is 12.6. The van der Waals surface area contributed by atoms with Crippen molar-refractivity contribution in [3.8, 4) is 5.75 Å². The third-order valence-electron chi connectivity index (χ3n) is 4.16. The number of anilines is 1. The predicted molar refractivity (Wildman–Crippen MR) is 109 cm³/mol. The zero-order valence-electron chi connectivity index (χ0n) is 15.4. The molecule has 0 unspecified atom stereocenters. The van der Waals surface area contributed by atoms with Gasteiger partial charge >= 0.3 is 0 Å². The number of thioether (sulfide) groups is 1. The molecule has 0 spiro atoms. The van der Waals surface area contributed by atoms with Gasteiger partial charge in [-0.2, -0.15) is 0 Å². The molecular weight excluding hydrogens is 344 g/mol. The van der Waals surface area contributed by atoms with Gasteiger partial charge in [-0.3, -0.25) is 4.79 Å². The van der Waals surface area contributed by atoms with Crippen LogP contribution in [0.4, 0.5) is 5.69 Å². The smallest absolute Gasteiger partial charge is 0.264 e. The highest BCUT2D eigenvalue weighted by Crippen LogP contribution is 2.41. The summed E-state index contributed by atoms with van der Waals surface area (Å²) in [4.78, 5) is 18.3. The number of nitrogens with zero attached hydrogens (tertiary/aromatic N) is 2. The summed E-state index contributed by atoms with van der Waals surface area (Å²) in [6.07, 6.45) is 2.94. The van der Waals surface area contributed by atoms with Gasteiger partial charge in [-0.1, -0.05) is 36.0 Å². The van der Waals surface area contributed by atoms with Crippen LogP contribution in [0.25, 0.3) is 6.08 Å². The number of para-hydroxylation sites is 1. The summed E-state index contributed by atoms with van der Waals surface area (Å²) in [6.45, 7) is 1.72. The summed E-state index contributed by atoms with van der Waals surface area (Å²) in [5, 5.41) is 0. The minimum Gasteiger partial charge on any atom is -0.494 e. The second-order valence-corrected chi connectivity index (χ2v) is 7.60. The van der Waals surface area contributed by atoms with Gasteiger partial charge in [0.2, 0.25) is 0 Å². The molecule has 0 fully saturated rings. The van der Waals surface area contributed by atoms with E-state index in [0.717, 1.165) is 39.8 Å². The molecule has 0 aromatic heterocycles. The lowest BCUT2D eigenvalue weighted by atomic mass is 10.2. The molecule has 1 aliphatic rings. The Labute approximate surface area is 159 Å². The van der Waals surface area contributed by atoms with E-state index in [1.54, 1.807) is 4.90 Å². The van der Waals surface area contributed by atoms with E-state index in [4.69, 9.17) is 4.74 Å². The fourth-order valence-electron chi connectivity index (χ4n) is 2.73. The highest BCUT2D eigenvalue weighted by Gasteiger charge is 2.25. The Bertz CT molecular complexity index is 800. The van der Waals surface area contributed by atoms with Crippen molar-refractivity contribution < 1.29 is 9.53 Å². The minimum atomic E-state index is 0.0257. The lowest BCUT2D eigenvalue weighted by Crippen LogP contribution is -2.29. The summed E-state index contributed by atoms with van der Waals surface area (Å²) in [5.41, 5.74) is 1.95. The number of fused-ring (bicyclic) bond motifs is 1. The molecule has 0 N–H and O–H groups in total. The van der Waals surface area contributed by atoms with Crippen LogP contribution in [-0.4, -0.2) is 45.1 Å². The van der Waals surface area contributed by atoms with Gasteiger partial charge < -0.3 is 14.5 Å². The van der Waals surface area contributed by atoms with Gasteiger partial charge in [0.15, 0.2) is 0 Å². The number of likely N-dealkylation sites (N-methyl/N-ethyl adjacent to an activating group) is 1. The molecule has 1 aliphatic heterocycles.